The van der Waals surface area contributed by atoms with E-state index in [1.165, 1.54) is 6.20 Å². The number of carboxylic acid groups (broad SMARTS) is 1. The lowest BCUT2D eigenvalue weighted by atomic mass is 10.1. The van der Waals surface area contributed by atoms with E-state index in [1.807, 2.05) is 6.92 Å². The quantitative estimate of drug-likeness (QED) is 0.864. The molecule has 2 rings (SSSR count). The maximum atomic E-state index is 12.3. The van der Waals surface area contributed by atoms with E-state index in [2.05, 4.69) is 4.98 Å². The van der Waals surface area contributed by atoms with Crippen LogP contribution < -0.4 is 4.74 Å². The Kier molecular flexibility index (Phi) is 5.10. The number of amides is 1. The van der Waals surface area contributed by atoms with E-state index in [9.17, 15) is 9.59 Å². The van der Waals surface area contributed by atoms with Crippen molar-refractivity contribution >= 4 is 11.9 Å². The molecule has 1 N–H and O–H groups in total. The zero-order chi connectivity index (χ0) is 15.2. The second-order valence-electron chi connectivity index (χ2n) is 4.66. The summed E-state index contributed by atoms with van der Waals surface area (Å²) < 4.78 is 10.6. The number of carbonyl (C=O) groups is 2. The second-order valence-corrected chi connectivity index (χ2v) is 4.66. The highest BCUT2D eigenvalue weighted by Gasteiger charge is 2.26. The molecule has 0 aromatic carbocycles. The predicted molar refractivity (Wildman–Crippen MR) is 73.3 cm³/mol. The highest BCUT2D eigenvalue weighted by atomic mass is 16.5. The minimum absolute atomic E-state index is 0.106. The van der Waals surface area contributed by atoms with E-state index in [-0.39, 0.29) is 18.9 Å². The molecule has 0 aliphatic carbocycles. The molecule has 0 radical (unpaired) electrons. The number of morpholine rings is 1. The van der Waals surface area contributed by atoms with Crippen LogP contribution in [-0.4, -0.2) is 59.3 Å². The van der Waals surface area contributed by atoms with Crippen LogP contribution in [0.5, 0.6) is 5.88 Å². The third-order valence-electron chi connectivity index (χ3n) is 3.10. The summed E-state index contributed by atoms with van der Waals surface area (Å²) in [7, 11) is 0. The van der Waals surface area contributed by atoms with Crippen molar-refractivity contribution in [1.29, 1.82) is 0 Å². The number of aromatic nitrogens is 1. The monoisotopic (exact) mass is 294 g/mol. The Morgan fingerprint density at radius 1 is 1.52 bits per heavy atom. The first kappa shape index (κ1) is 15.2. The Labute approximate surface area is 122 Å². The fraction of sp³-hybridized carbons (Fsp3) is 0.500. The van der Waals surface area contributed by atoms with Crippen molar-refractivity contribution in [2.75, 3.05) is 26.3 Å². The van der Waals surface area contributed by atoms with Gasteiger partial charge in [0.05, 0.1) is 31.3 Å². The first-order valence-electron chi connectivity index (χ1n) is 6.81. The van der Waals surface area contributed by atoms with Crippen LogP contribution in [0.25, 0.3) is 0 Å². The van der Waals surface area contributed by atoms with Crippen molar-refractivity contribution in [2.45, 2.75) is 19.4 Å². The molecule has 114 valence electrons. The topological polar surface area (TPSA) is 89.0 Å². The zero-order valence-corrected chi connectivity index (χ0v) is 11.8. The van der Waals surface area contributed by atoms with Crippen molar-refractivity contribution in [3.05, 3.63) is 23.9 Å². The van der Waals surface area contributed by atoms with Crippen LogP contribution in [0.15, 0.2) is 18.3 Å². The molecule has 1 amide bonds. The van der Waals surface area contributed by atoms with Crippen molar-refractivity contribution < 1.29 is 24.2 Å². The number of carboxylic acids is 1. The number of aliphatic carboxylic acids is 1. The molecule has 1 saturated heterocycles. The Bertz CT molecular complexity index is 503. The van der Waals surface area contributed by atoms with Crippen LogP contribution in [-0.2, 0) is 9.53 Å². The van der Waals surface area contributed by atoms with Gasteiger partial charge in [-0.3, -0.25) is 9.59 Å². The van der Waals surface area contributed by atoms with Gasteiger partial charge in [-0.1, -0.05) is 0 Å². The second kappa shape index (κ2) is 7.03. The maximum absolute atomic E-state index is 12.3. The minimum Gasteiger partial charge on any atom is -0.481 e. The van der Waals surface area contributed by atoms with Gasteiger partial charge in [-0.05, 0) is 13.0 Å². The molecule has 0 saturated carbocycles. The highest BCUT2D eigenvalue weighted by Crippen LogP contribution is 2.14. The first-order chi connectivity index (χ1) is 10.1. The number of nitrogens with zero attached hydrogens (tertiary/aromatic N) is 2. The molecule has 0 unspecified atom stereocenters. The van der Waals surface area contributed by atoms with Crippen molar-refractivity contribution in [3.8, 4) is 5.88 Å². The van der Waals surface area contributed by atoms with Crippen molar-refractivity contribution in [1.82, 2.24) is 9.88 Å². The van der Waals surface area contributed by atoms with Gasteiger partial charge in [0.15, 0.2) is 0 Å². The molecule has 1 fully saturated rings. The molecular formula is C14H18N2O5. The molecule has 1 aliphatic rings. The van der Waals surface area contributed by atoms with Gasteiger partial charge in [-0.15, -0.1) is 0 Å². The lowest BCUT2D eigenvalue weighted by molar-refractivity contribution is -0.141. The summed E-state index contributed by atoms with van der Waals surface area (Å²) in [5, 5.41) is 8.78. The summed E-state index contributed by atoms with van der Waals surface area (Å²) in [4.78, 5) is 28.7. The first-order valence-corrected chi connectivity index (χ1v) is 6.81. The van der Waals surface area contributed by atoms with Crippen LogP contribution in [0.4, 0.5) is 0 Å². The van der Waals surface area contributed by atoms with Gasteiger partial charge in [0.1, 0.15) is 0 Å². The highest BCUT2D eigenvalue weighted by molar-refractivity contribution is 5.94. The molecule has 0 bridgehead atoms. The summed E-state index contributed by atoms with van der Waals surface area (Å²) in [5.41, 5.74) is 0.453. The van der Waals surface area contributed by atoms with Gasteiger partial charge in [-0.2, -0.15) is 0 Å². The van der Waals surface area contributed by atoms with Gasteiger partial charge < -0.3 is 19.5 Å². The normalized spacial score (nSPS) is 18.3. The minimum atomic E-state index is -0.933. The largest absolute Gasteiger partial charge is 0.481 e. The van der Waals surface area contributed by atoms with E-state index in [4.69, 9.17) is 14.6 Å². The van der Waals surface area contributed by atoms with Gasteiger partial charge in [0.25, 0.3) is 5.91 Å². The van der Waals surface area contributed by atoms with Gasteiger partial charge in [-0.25, -0.2) is 4.98 Å². The summed E-state index contributed by atoms with van der Waals surface area (Å²) in [6.07, 6.45) is 0.899. The zero-order valence-electron chi connectivity index (χ0n) is 11.8. The third-order valence-corrected chi connectivity index (χ3v) is 3.10. The van der Waals surface area contributed by atoms with Crippen LogP contribution >= 0.6 is 0 Å². The van der Waals surface area contributed by atoms with Crippen LogP contribution in [0.2, 0.25) is 0 Å². The number of hydrogen-bond acceptors (Lipinski definition) is 5. The van der Waals surface area contributed by atoms with Gasteiger partial charge >= 0.3 is 5.97 Å². The molecule has 7 heteroatoms. The molecule has 1 aromatic rings. The van der Waals surface area contributed by atoms with Gasteiger partial charge in [0, 0.05) is 25.4 Å². The fourth-order valence-corrected chi connectivity index (χ4v) is 2.14. The smallest absolute Gasteiger partial charge is 0.306 e. The lowest BCUT2D eigenvalue weighted by Crippen LogP contribution is -2.46. The molecular weight excluding hydrogens is 276 g/mol. The number of ether oxygens (including phenoxy) is 2. The SMILES string of the molecule is CCOc1ccc(C(=O)N2CCO[C@@H](CC(=O)O)C2)cn1. The van der Waals surface area contributed by atoms with E-state index in [0.717, 1.165) is 0 Å². The van der Waals surface area contributed by atoms with E-state index < -0.39 is 12.1 Å². The summed E-state index contributed by atoms with van der Waals surface area (Å²) >= 11 is 0. The van der Waals surface area contributed by atoms with E-state index in [0.29, 0.717) is 31.2 Å². The summed E-state index contributed by atoms with van der Waals surface area (Å²) in [6.45, 7) is 3.44. The standard InChI is InChI=1S/C14H18N2O5/c1-2-20-12-4-3-10(8-15-12)14(19)16-5-6-21-11(9-16)7-13(17)18/h3-4,8,11H,2,5-7,9H2,1H3,(H,17,18)/t11-/m0/s1. The number of pyridine rings is 1. The molecule has 1 aromatic heterocycles. The molecule has 0 spiro atoms. The van der Waals surface area contributed by atoms with E-state index in [1.54, 1.807) is 17.0 Å². The lowest BCUT2D eigenvalue weighted by Gasteiger charge is -2.32. The summed E-state index contributed by atoms with van der Waals surface area (Å²) in [5.74, 6) is -0.638. The Balaban J connectivity index is 1.99. The fourth-order valence-electron chi connectivity index (χ4n) is 2.14. The number of carbonyl (C=O) groups excluding carboxylic acids is 1. The van der Waals surface area contributed by atoms with Crippen LogP contribution in [0, 0.1) is 0 Å². The van der Waals surface area contributed by atoms with Crippen molar-refractivity contribution in [2.24, 2.45) is 0 Å². The van der Waals surface area contributed by atoms with Crippen LogP contribution in [0.1, 0.15) is 23.7 Å². The Morgan fingerprint density at radius 3 is 2.95 bits per heavy atom. The molecule has 1 aliphatic heterocycles. The van der Waals surface area contributed by atoms with Crippen LogP contribution in [0.3, 0.4) is 0 Å². The molecule has 21 heavy (non-hydrogen) atoms. The Morgan fingerprint density at radius 2 is 2.33 bits per heavy atom. The molecule has 1 atom stereocenters. The Hall–Kier alpha value is -2.15. The van der Waals surface area contributed by atoms with Gasteiger partial charge in [0.2, 0.25) is 5.88 Å². The van der Waals surface area contributed by atoms with E-state index >= 15 is 0 Å². The number of rotatable bonds is 5. The van der Waals surface area contributed by atoms with Crippen molar-refractivity contribution in [3.63, 3.8) is 0 Å². The predicted octanol–water partition coefficient (Wildman–Crippen LogP) is 0.796. The third kappa shape index (κ3) is 4.16. The average Bonchev–Trinajstić information content (AvgIpc) is 2.47. The summed E-state index contributed by atoms with van der Waals surface area (Å²) in [6, 6.07) is 3.30. The average molecular weight is 294 g/mol. The number of hydrogen-bond donors (Lipinski definition) is 1. The maximum Gasteiger partial charge on any atom is 0.306 e. The molecule has 7 nitrogen and oxygen atoms in total. The molecule has 2 heterocycles.